The van der Waals surface area contributed by atoms with Crippen molar-refractivity contribution in [2.45, 2.75) is 38.4 Å². The lowest BCUT2D eigenvalue weighted by molar-refractivity contribution is -0.143. The van der Waals surface area contributed by atoms with Crippen LogP contribution in [0, 0.1) is 5.92 Å². The molecule has 1 heterocycles. The highest BCUT2D eigenvalue weighted by molar-refractivity contribution is 8.00. The van der Waals surface area contributed by atoms with Gasteiger partial charge in [0.25, 0.3) is 0 Å². The lowest BCUT2D eigenvalue weighted by atomic mass is 10.0. The van der Waals surface area contributed by atoms with Crippen LogP contribution in [0.2, 0.25) is 0 Å². The van der Waals surface area contributed by atoms with Crippen LogP contribution in [0.25, 0.3) is 0 Å². The van der Waals surface area contributed by atoms with Gasteiger partial charge in [-0.2, -0.15) is 11.8 Å². The molecular weight excluding hydrogens is 184 g/mol. The largest absolute Gasteiger partial charge is 0.466 e. The lowest BCUT2D eigenvalue weighted by Crippen LogP contribution is -2.12. The van der Waals surface area contributed by atoms with E-state index in [0.29, 0.717) is 18.3 Å². The molecule has 2 nitrogen and oxygen atoms in total. The zero-order chi connectivity index (χ0) is 9.68. The highest BCUT2D eigenvalue weighted by Crippen LogP contribution is 2.34. The fourth-order valence-electron chi connectivity index (χ4n) is 1.62. The first kappa shape index (κ1) is 10.9. The number of esters is 1. The zero-order valence-corrected chi connectivity index (χ0v) is 9.23. The minimum absolute atomic E-state index is 0.0396. The van der Waals surface area contributed by atoms with Crippen molar-refractivity contribution in [1.29, 1.82) is 0 Å². The first-order valence-electron chi connectivity index (χ1n) is 5.01. The van der Waals surface area contributed by atoms with E-state index in [2.05, 4.69) is 6.92 Å². The number of thioether (sulfide) groups is 1. The van der Waals surface area contributed by atoms with Gasteiger partial charge in [0.1, 0.15) is 0 Å². The Morgan fingerprint density at radius 1 is 1.62 bits per heavy atom. The van der Waals surface area contributed by atoms with Crippen LogP contribution >= 0.6 is 11.8 Å². The van der Waals surface area contributed by atoms with Gasteiger partial charge in [-0.15, -0.1) is 0 Å². The maximum Gasteiger partial charge on any atom is 0.305 e. The molecule has 1 aliphatic heterocycles. The summed E-state index contributed by atoms with van der Waals surface area (Å²) in [5.41, 5.74) is 0. The standard InChI is InChI=1S/C10H18O2S/c1-3-12-10(11)5-4-9-8(2)6-7-13-9/h8-9H,3-7H2,1-2H3. The van der Waals surface area contributed by atoms with Gasteiger partial charge in [-0.05, 0) is 31.4 Å². The molecule has 0 N–H and O–H groups in total. The summed E-state index contributed by atoms with van der Waals surface area (Å²) < 4.78 is 4.89. The van der Waals surface area contributed by atoms with Crippen LogP contribution in [0.1, 0.15) is 33.1 Å². The van der Waals surface area contributed by atoms with Gasteiger partial charge < -0.3 is 4.74 Å². The second-order valence-electron chi connectivity index (χ2n) is 3.52. The van der Waals surface area contributed by atoms with E-state index in [9.17, 15) is 4.79 Å². The Labute approximate surface area is 84.4 Å². The van der Waals surface area contributed by atoms with E-state index in [1.807, 2.05) is 18.7 Å². The quantitative estimate of drug-likeness (QED) is 0.655. The smallest absolute Gasteiger partial charge is 0.305 e. The Morgan fingerprint density at radius 3 is 2.92 bits per heavy atom. The number of rotatable bonds is 4. The minimum Gasteiger partial charge on any atom is -0.466 e. The van der Waals surface area contributed by atoms with E-state index in [4.69, 9.17) is 4.74 Å². The van der Waals surface area contributed by atoms with Crippen LogP contribution in [0.15, 0.2) is 0 Å². The second kappa shape index (κ2) is 5.53. The fraction of sp³-hybridized carbons (Fsp3) is 0.900. The first-order chi connectivity index (χ1) is 6.24. The number of hydrogen-bond donors (Lipinski definition) is 0. The molecule has 76 valence electrons. The molecule has 1 aliphatic rings. The summed E-state index contributed by atoms with van der Waals surface area (Å²) in [6, 6.07) is 0. The van der Waals surface area contributed by atoms with E-state index in [0.717, 1.165) is 12.3 Å². The third-order valence-electron chi connectivity index (χ3n) is 2.48. The third kappa shape index (κ3) is 3.59. The van der Waals surface area contributed by atoms with Crippen LogP contribution in [0.4, 0.5) is 0 Å². The Bertz CT molecular complexity index is 170. The monoisotopic (exact) mass is 202 g/mol. The molecule has 1 fully saturated rings. The zero-order valence-electron chi connectivity index (χ0n) is 8.41. The molecule has 0 radical (unpaired) electrons. The van der Waals surface area contributed by atoms with Crippen LogP contribution < -0.4 is 0 Å². The predicted octanol–water partition coefficient (Wildman–Crippen LogP) is 2.47. The van der Waals surface area contributed by atoms with Gasteiger partial charge in [0.05, 0.1) is 6.61 Å². The van der Waals surface area contributed by atoms with Gasteiger partial charge in [-0.1, -0.05) is 6.92 Å². The molecule has 1 saturated heterocycles. The van der Waals surface area contributed by atoms with Crippen LogP contribution in [0.3, 0.4) is 0 Å². The Hall–Kier alpha value is -0.180. The average molecular weight is 202 g/mol. The number of carbonyl (C=O) groups excluding carboxylic acids is 1. The molecule has 0 aromatic rings. The van der Waals surface area contributed by atoms with E-state index in [-0.39, 0.29) is 5.97 Å². The summed E-state index contributed by atoms with van der Waals surface area (Å²) in [6.07, 6.45) is 2.89. The SMILES string of the molecule is CCOC(=O)CCC1SCCC1C. The third-order valence-corrected chi connectivity index (χ3v) is 4.08. The van der Waals surface area contributed by atoms with Gasteiger partial charge in [0.15, 0.2) is 0 Å². The van der Waals surface area contributed by atoms with Crippen molar-refractivity contribution < 1.29 is 9.53 Å². The summed E-state index contributed by atoms with van der Waals surface area (Å²) in [5.74, 6) is 2.00. The van der Waals surface area contributed by atoms with E-state index >= 15 is 0 Å². The number of hydrogen-bond acceptors (Lipinski definition) is 3. The summed E-state index contributed by atoms with van der Waals surface area (Å²) in [4.78, 5) is 11.1. The Kier molecular flexibility index (Phi) is 4.64. The van der Waals surface area contributed by atoms with Crippen molar-refractivity contribution in [2.75, 3.05) is 12.4 Å². The second-order valence-corrected chi connectivity index (χ2v) is 4.87. The molecule has 0 amide bonds. The Balaban J connectivity index is 2.14. The molecule has 0 aromatic heterocycles. The molecule has 0 spiro atoms. The summed E-state index contributed by atoms with van der Waals surface area (Å²) >= 11 is 2.00. The molecule has 0 aromatic carbocycles. The minimum atomic E-state index is -0.0396. The molecule has 0 aliphatic carbocycles. The van der Waals surface area contributed by atoms with Gasteiger partial charge in [-0.25, -0.2) is 0 Å². The molecule has 2 unspecified atom stereocenters. The predicted molar refractivity (Wildman–Crippen MR) is 55.9 cm³/mol. The molecule has 3 heteroatoms. The maximum atomic E-state index is 11.1. The summed E-state index contributed by atoms with van der Waals surface area (Å²) in [7, 11) is 0. The van der Waals surface area contributed by atoms with Gasteiger partial charge in [0, 0.05) is 11.7 Å². The lowest BCUT2D eigenvalue weighted by Gasteiger charge is -2.12. The maximum absolute atomic E-state index is 11.1. The van der Waals surface area contributed by atoms with Crippen LogP contribution in [-0.4, -0.2) is 23.6 Å². The van der Waals surface area contributed by atoms with Gasteiger partial charge in [0.2, 0.25) is 0 Å². The average Bonchev–Trinajstić information content (AvgIpc) is 2.48. The van der Waals surface area contributed by atoms with E-state index < -0.39 is 0 Å². The van der Waals surface area contributed by atoms with E-state index in [1.54, 1.807) is 0 Å². The van der Waals surface area contributed by atoms with Crippen molar-refractivity contribution in [2.24, 2.45) is 5.92 Å². The topological polar surface area (TPSA) is 26.3 Å². The van der Waals surface area contributed by atoms with Crippen molar-refractivity contribution in [3.8, 4) is 0 Å². The van der Waals surface area contributed by atoms with Crippen molar-refractivity contribution in [3.63, 3.8) is 0 Å². The van der Waals surface area contributed by atoms with Crippen LogP contribution in [0.5, 0.6) is 0 Å². The molecule has 0 saturated carbocycles. The fourth-order valence-corrected chi connectivity index (χ4v) is 3.18. The molecule has 2 atom stereocenters. The number of ether oxygens (including phenoxy) is 1. The molecule has 1 rings (SSSR count). The van der Waals surface area contributed by atoms with Crippen molar-refractivity contribution in [1.82, 2.24) is 0 Å². The normalized spacial score (nSPS) is 27.5. The van der Waals surface area contributed by atoms with Gasteiger partial charge >= 0.3 is 5.97 Å². The summed E-state index contributed by atoms with van der Waals surface area (Å²) in [5, 5.41) is 0.685. The van der Waals surface area contributed by atoms with E-state index in [1.165, 1.54) is 12.2 Å². The highest BCUT2D eigenvalue weighted by Gasteiger charge is 2.24. The first-order valence-corrected chi connectivity index (χ1v) is 6.06. The molecule has 13 heavy (non-hydrogen) atoms. The number of carbonyl (C=O) groups is 1. The Morgan fingerprint density at radius 2 is 2.38 bits per heavy atom. The van der Waals surface area contributed by atoms with Gasteiger partial charge in [-0.3, -0.25) is 4.79 Å². The summed E-state index contributed by atoms with van der Waals surface area (Å²) in [6.45, 7) is 4.63. The van der Waals surface area contributed by atoms with Crippen molar-refractivity contribution >= 4 is 17.7 Å². The van der Waals surface area contributed by atoms with Crippen LogP contribution in [-0.2, 0) is 9.53 Å². The molecular formula is C10H18O2S. The molecule has 0 bridgehead atoms. The highest BCUT2D eigenvalue weighted by atomic mass is 32.2. The van der Waals surface area contributed by atoms with Crippen molar-refractivity contribution in [3.05, 3.63) is 0 Å².